The van der Waals surface area contributed by atoms with Gasteiger partial charge in [-0.1, -0.05) is 24.3 Å². The molecule has 1 atom stereocenters. The van der Waals surface area contributed by atoms with Crippen molar-refractivity contribution in [1.82, 2.24) is 4.98 Å². The second-order valence-electron chi connectivity index (χ2n) is 5.27. The van der Waals surface area contributed by atoms with Gasteiger partial charge in [0.1, 0.15) is 17.9 Å². The number of nitrogens with zero attached hydrogens (tertiary/aromatic N) is 1. The molecule has 1 unspecified atom stereocenters. The van der Waals surface area contributed by atoms with Crippen molar-refractivity contribution in [2.24, 2.45) is 0 Å². The van der Waals surface area contributed by atoms with Crippen LogP contribution in [0.15, 0.2) is 73.1 Å². The number of quaternary nitrogens is 1. The van der Waals surface area contributed by atoms with Gasteiger partial charge in [0.2, 0.25) is 0 Å². The minimum atomic E-state index is 0. The molecule has 4 nitrogen and oxygen atoms in total. The minimum absolute atomic E-state index is 0. The topological polar surface area (TPSA) is 46.8 Å². The summed E-state index contributed by atoms with van der Waals surface area (Å²) in [4.78, 5) is 5.32. The fourth-order valence-electron chi connectivity index (χ4n) is 2.59. The lowest BCUT2D eigenvalue weighted by molar-refractivity contribution is -0.776. The lowest BCUT2D eigenvalue weighted by atomic mass is 10.2. The number of ether oxygens (including phenoxy) is 1. The van der Waals surface area contributed by atoms with Crippen LogP contribution in [0.5, 0.6) is 11.5 Å². The van der Waals surface area contributed by atoms with Crippen molar-refractivity contribution >= 4 is 11.4 Å². The van der Waals surface area contributed by atoms with E-state index in [2.05, 4.69) is 23.2 Å². The van der Waals surface area contributed by atoms with Crippen molar-refractivity contribution in [3.8, 4) is 11.5 Å². The van der Waals surface area contributed by atoms with Crippen LogP contribution in [0.1, 0.15) is 5.56 Å². The zero-order valence-electron chi connectivity index (χ0n) is 13.3. The minimum Gasteiger partial charge on any atom is -1.00 e. The zero-order valence-corrected chi connectivity index (χ0v) is 14.1. The van der Waals surface area contributed by atoms with Gasteiger partial charge in [0.05, 0.1) is 7.11 Å². The Morgan fingerprint density at radius 1 is 1.00 bits per heavy atom. The number of pyridine rings is 1. The normalized spacial score (nSPS) is 11.4. The quantitative estimate of drug-likeness (QED) is 0.678. The number of aromatic nitrogens is 1. The highest BCUT2D eigenvalue weighted by Gasteiger charge is 2.18. The van der Waals surface area contributed by atoms with Crippen molar-refractivity contribution in [1.29, 1.82) is 0 Å². The lowest BCUT2D eigenvalue weighted by Crippen LogP contribution is -3.00. The Morgan fingerprint density at radius 3 is 2.42 bits per heavy atom. The monoisotopic (exact) mass is 342 g/mol. The van der Waals surface area contributed by atoms with E-state index >= 15 is 0 Å². The molecular weight excluding hydrogens is 324 g/mol. The van der Waals surface area contributed by atoms with Crippen LogP contribution in [0.25, 0.3) is 0 Å². The molecule has 2 aromatic carbocycles. The first-order valence-electron chi connectivity index (χ1n) is 7.45. The Hall–Kier alpha value is -2.56. The molecule has 5 heteroatoms. The summed E-state index contributed by atoms with van der Waals surface area (Å²) < 4.78 is 5.13. The Kier molecular flexibility index (Phi) is 6.18. The Balaban J connectivity index is 0.00000208. The number of para-hydroxylation sites is 1. The zero-order chi connectivity index (χ0) is 16.1. The van der Waals surface area contributed by atoms with Gasteiger partial charge in [-0.05, 0) is 24.3 Å². The molecule has 24 heavy (non-hydrogen) atoms. The summed E-state index contributed by atoms with van der Waals surface area (Å²) in [5.41, 5.74) is 3.22. The van der Waals surface area contributed by atoms with Gasteiger partial charge in [-0.15, -0.1) is 0 Å². The second kappa shape index (κ2) is 8.34. The van der Waals surface area contributed by atoms with Crippen molar-refractivity contribution in [3.63, 3.8) is 0 Å². The van der Waals surface area contributed by atoms with Crippen molar-refractivity contribution in [2.75, 3.05) is 7.11 Å². The third-order valence-corrected chi connectivity index (χ3v) is 3.75. The molecule has 0 aliphatic carbocycles. The molecule has 0 spiro atoms. The SMILES string of the molecule is COc1ccc([NH+](Cc2cccnc2)c2ccccc2)cc1O.[Cl-]. The van der Waals surface area contributed by atoms with E-state index in [4.69, 9.17) is 4.74 Å². The van der Waals surface area contributed by atoms with Crippen molar-refractivity contribution < 1.29 is 27.2 Å². The fraction of sp³-hybridized carbons (Fsp3) is 0.105. The van der Waals surface area contributed by atoms with Gasteiger partial charge >= 0.3 is 0 Å². The Morgan fingerprint density at radius 2 is 1.79 bits per heavy atom. The van der Waals surface area contributed by atoms with Crippen molar-refractivity contribution in [3.05, 3.63) is 78.6 Å². The third-order valence-electron chi connectivity index (χ3n) is 3.75. The molecule has 3 aromatic rings. The van der Waals surface area contributed by atoms with Crippen LogP contribution >= 0.6 is 0 Å². The average Bonchev–Trinajstić information content (AvgIpc) is 2.61. The predicted molar refractivity (Wildman–Crippen MR) is 89.3 cm³/mol. The van der Waals surface area contributed by atoms with Gasteiger partial charge in [-0.2, -0.15) is 0 Å². The lowest BCUT2D eigenvalue weighted by Gasteiger charge is -2.19. The molecule has 0 bridgehead atoms. The van der Waals surface area contributed by atoms with Crippen LogP contribution in [0, 0.1) is 0 Å². The molecule has 0 fully saturated rings. The summed E-state index contributed by atoms with van der Waals surface area (Å²) >= 11 is 0. The summed E-state index contributed by atoms with van der Waals surface area (Å²) in [7, 11) is 1.55. The van der Waals surface area contributed by atoms with E-state index in [-0.39, 0.29) is 18.2 Å². The largest absolute Gasteiger partial charge is 1.00 e. The van der Waals surface area contributed by atoms with Gasteiger partial charge in [0.15, 0.2) is 11.5 Å². The molecule has 0 saturated carbocycles. The van der Waals surface area contributed by atoms with E-state index in [0.717, 1.165) is 28.4 Å². The number of aromatic hydroxyl groups is 1. The van der Waals surface area contributed by atoms with Gasteiger partial charge in [0.25, 0.3) is 0 Å². The first-order valence-corrected chi connectivity index (χ1v) is 7.45. The molecule has 0 aliphatic heterocycles. The highest BCUT2D eigenvalue weighted by Crippen LogP contribution is 2.27. The summed E-state index contributed by atoms with van der Waals surface area (Å²) in [5, 5.41) is 10.1. The number of methoxy groups -OCH3 is 1. The fourth-order valence-corrected chi connectivity index (χ4v) is 2.59. The van der Waals surface area contributed by atoms with Crippen molar-refractivity contribution in [2.45, 2.75) is 6.54 Å². The molecular formula is C19H19ClN2O2. The summed E-state index contributed by atoms with van der Waals surface area (Å²) in [6, 6.07) is 19.7. The van der Waals surface area contributed by atoms with Gasteiger partial charge in [-0.25, -0.2) is 0 Å². The van der Waals surface area contributed by atoms with E-state index in [1.807, 2.05) is 36.5 Å². The summed E-state index contributed by atoms with van der Waals surface area (Å²) in [6.07, 6.45) is 3.64. The van der Waals surface area contributed by atoms with Crippen LogP contribution in [-0.2, 0) is 6.54 Å². The number of rotatable bonds is 5. The maximum Gasteiger partial charge on any atom is 0.163 e. The van der Waals surface area contributed by atoms with Crippen LogP contribution in [0.4, 0.5) is 11.4 Å². The molecule has 2 N–H and O–H groups in total. The third kappa shape index (κ3) is 4.04. The van der Waals surface area contributed by atoms with Crippen LogP contribution in [-0.4, -0.2) is 17.2 Å². The number of benzene rings is 2. The molecule has 1 heterocycles. The predicted octanol–water partition coefficient (Wildman–Crippen LogP) is -0.152. The molecule has 0 aliphatic rings. The first kappa shape index (κ1) is 17.8. The molecule has 0 amide bonds. The Labute approximate surface area is 147 Å². The Bertz CT molecular complexity index is 767. The molecule has 1 aromatic heterocycles. The van der Waals surface area contributed by atoms with Gasteiger partial charge < -0.3 is 22.3 Å². The van der Waals surface area contributed by atoms with Crippen LogP contribution in [0.3, 0.4) is 0 Å². The highest BCUT2D eigenvalue weighted by atomic mass is 35.5. The van der Waals surface area contributed by atoms with E-state index < -0.39 is 0 Å². The number of nitrogens with one attached hydrogen (secondary N) is 1. The summed E-state index contributed by atoms with van der Waals surface area (Å²) in [5.74, 6) is 0.618. The molecule has 0 radical (unpaired) electrons. The second-order valence-corrected chi connectivity index (χ2v) is 5.27. The number of phenolic OH excluding ortho intramolecular Hbond substituents is 1. The maximum absolute atomic E-state index is 10.1. The van der Waals surface area contributed by atoms with Crippen LogP contribution < -0.4 is 22.0 Å². The number of phenols is 1. The van der Waals surface area contributed by atoms with Gasteiger partial charge in [0, 0.05) is 30.1 Å². The number of halogens is 1. The van der Waals surface area contributed by atoms with E-state index in [1.165, 1.54) is 0 Å². The highest BCUT2D eigenvalue weighted by molar-refractivity contribution is 5.49. The van der Waals surface area contributed by atoms with Crippen LogP contribution in [0.2, 0.25) is 0 Å². The van der Waals surface area contributed by atoms with Gasteiger partial charge in [-0.3, -0.25) is 9.88 Å². The number of hydrogen-bond acceptors (Lipinski definition) is 3. The molecule has 3 rings (SSSR count). The standard InChI is InChI=1S/C19H18N2O2.ClH/c1-23-19-10-9-17(12-18(19)22)21(16-7-3-2-4-8-16)14-15-6-5-11-20-13-15;/h2-13,22H,14H2,1H3;1H. The van der Waals surface area contributed by atoms with E-state index in [1.54, 1.807) is 25.4 Å². The summed E-state index contributed by atoms with van der Waals surface area (Å²) in [6.45, 7) is 0.740. The average molecular weight is 343 g/mol. The number of hydrogen-bond donors (Lipinski definition) is 2. The molecule has 0 saturated heterocycles. The van der Waals surface area contributed by atoms with E-state index in [0.29, 0.717) is 5.75 Å². The maximum atomic E-state index is 10.1. The smallest absolute Gasteiger partial charge is 0.163 e. The van der Waals surface area contributed by atoms with E-state index in [9.17, 15) is 5.11 Å². The molecule has 124 valence electrons. The first-order chi connectivity index (χ1) is 11.3.